The average Bonchev–Trinajstić information content (AvgIpc) is 2.49. The Hall–Kier alpha value is -2.08. The van der Waals surface area contributed by atoms with E-state index in [1.807, 2.05) is 44.2 Å². The van der Waals surface area contributed by atoms with E-state index < -0.39 is 12.1 Å². The van der Waals surface area contributed by atoms with Gasteiger partial charge in [-0.1, -0.05) is 44.2 Å². The third-order valence-corrected chi connectivity index (χ3v) is 2.83. The first-order valence-corrected chi connectivity index (χ1v) is 6.78. The molecule has 6 nitrogen and oxygen atoms in total. The number of amides is 2. The van der Waals surface area contributed by atoms with Crippen molar-refractivity contribution in [3.05, 3.63) is 35.9 Å². The molecule has 0 saturated carbocycles. The zero-order chi connectivity index (χ0) is 15.7. The molecule has 6 heteroatoms. The van der Waals surface area contributed by atoms with Crippen LogP contribution in [0.3, 0.4) is 0 Å². The summed E-state index contributed by atoms with van der Waals surface area (Å²) in [6.45, 7) is 3.95. The third-order valence-electron chi connectivity index (χ3n) is 2.83. The number of methoxy groups -OCH3 is 1. The molecule has 1 atom stereocenters. The Morgan fingerprint density at radius 3 is 2.43 bits per heavy atom. The van der Waals surface area contributed by atoms with Crippen LogP contribution in [0.1, 0.15) is 19.4 Å². The fourth-order valence-corrected chi connectivity index (χ4v) is 1.68. The Morgan fingerprint density at radius 1 is 1.19 bits per heavy atom. The number of carbonyl (C=O) groups excluding carboxylic acids is 2. The molecule has 0 aromatic heterocycles. The van der Waals surface area contributed by atoms with Crippen LogP contribution in [0.5, 0.6) is 0 Å². The summed E-state index contributed by atoms with van der Waals surface area (Å²) in [6.07, 6.45) is -0.620. The standard InChI is InChI=1S/C15H22N2O4/c1-11(2)13(14(18)16-10-20-3)17-15(19)21-9-12-7-5-4-6-8-12/h4-8,11,13H,9-10H2,1-3H3,(H,16,18)(H,17,19)/t13-/m0/s1. The lowest BCUT2D eigenvalue weighted by atomic mass is 10.0. The van der Waals surface area contributed by atoms with Gasteiger partial charge < -0.3 is 20.1 Å². The van der Waals surface area contributed by atoms with Gasteiger partial charge in [-0.15, -0.1) is 0 Å². The lowest BCUT2D eigenvalue weighted by Crippen LogP contribution is -2.50. The van der Waals surface area contributed by atoms with Crippen molar-refractivity contribution in [1.29, 1.82) is 0 Å². The minimum atomic E-state index is -0.663. The van der Waals surface area contributed by atoms with Crippen LogP contribution in [0.2, 0.25) is 0 Å². The number of hydrogen-bond acceptors (Lipinski definition) is 4. The minimum Gasteiger partial charge on any atom is -0.445 e. The van der Waals surface area contributed by atoms with Gasteiger partial charge in [-0.3, -0.25) is 4.79 Å². The van der Waals surface area contributed by atoms with Crippen molar-refractivity contribution in [3.8, 4) is 0 Å². The van der Waals surface area contributed by atoms with Gasteiger partial charge in [-0.25, -0.2) is 4.79 Å². The highest BCUT2D eigenvalue weighted by atomic mass is 16.5. The Bertz CT molecular complexity index is 448. The maximum Gasteiger partial charge on any atom is 0.408 e. The largest absolute Gasteiger partial charge is 0.445 e. The fraction of sp³-hybridized carbons (Fsp3) is 0.467. The first kappa shape index (κ1) is 17.0. The summed E-state index contributed by atoms with van der Waals surface area (Å²) in [7, 11) is 1.48. The molecule has 0 fully saturated rings. The minimum absolute atomic E-state index is 0.0638. The first-order chi connectivity index (χ1) is 10.0. The van der Waals surface area contributed by atoms with E-state index in [1.165, 1.54) is 7.11 Å². The number of benzene rings is 1. The van der Waals surface area contributed by atoms with Crippen molar-refractivity contribution in [2.45, 2.75) is 26.5 Å². The van der Waals surface area contributed by atoms with Crippen LogP contribution in [-0.4, -0.2) is 31.9 Å². The van der Waals surface area contributed by atoms with E-state index in [9.17, 15) is 9.59 Å². The highest BCUT2D eigenvalue weighted by Gasteiger charge is 2.24. The molecule has 0 unspecified atom stereocenters. The van der Waals surface area contributed by atoms with Gasteiger partial charge in [0.15, 0.2) is 0 Å². The summed E-state index contributed by atoms with van der Waals surface area (Å²) in [6, 6.07) is 8.68. The smallest absolute Gasteiger partial charge is 0.408 e. The van der Waals surface area contributed by atoms with Crippen molar-refractivity contribution >= 4 is 12.0 Å². The quantitative estimate of drug-likeness (QED) is 0.750. The molecular formula is C15H22N2O4. The molecule has 116 valence electrons. The number of ether oxygens (including phenoxy) is 2. The lowest BCUT2D eigenvalue weighted by molar-refractivity contribution is -0.125. The van der Waals surface area contributed by atoms with Gasteiger partial charge in [0.1, 0.15) is 19.4 Å². The number of carbonyl (C=O) groups is 2. The highest BCUT2D eigenvalue weighted by molar-refractivity contribution is 5.85. The normalized spacial score (nSPS) is 11.8. The highest BCUT2D eigenvalue weighted by Crippen LogP contribution is 2.04. The van der Waals surface area contributed by atoms with E-state index >= 15 is 0 Å². The van der Waals surface area contributed by atoms with Crippen molar-refractivity contribution in [2.24, 2.45) is 5.92 Å². The summed E-state index contributed by atoms with van der Waals surface area (Å²) in [5, 5.41) is 5.13. The van der Waals surface area contributed by atoms with Crippen LogP contribution in [0.25, 0.3) is 0 Å². The van der Waals surface area contributed by atoms with Crippen LogP contribution < -0.4 is 10.6 Å². The maximum absolute atomic E-state index is 11.9. The number of nitrogens with one attached hydrogen (secondary N) is 2. The molecule has 0 aliphatic rings. The molecule has 1 rings (SSSR count). The molecule has 2 N–H and O–H groups in total. The molecule has 0 aliphatic heterocycles. The van der Waals surface area contributed by atoms with Gasteiger partial charge in [0, 0.05) is 7.11 Å². The SMILES string of the molecule is COCNC(=O)[C@@H](NC(=O)OCc1ccccc1)C(C)C. The zero-order valence-electron chi connectivity index (χ0n) is 12.6. The van der Waals surface area contributed by atoms with Gasteiger partial charge in [0.25, 0.3) is 0 Å². The van der Waals surface area contributed by atoms with Crippen LogP contribution in [0.4, 0.5) is 4.79 Å². The lowest BCUT2D eigenvalue weighted by Gasteiger charge is -2.21. The number of alkyl carbamates (subject to hydrolysis) is 1. The summed E-state index contributed by atoms with van der Waals surface area (Å²) in [4.78, 5) is 23.7. The van der Waals surface area contributed by atoms with Crippen LogP contribution >= 0.6 is 0 Å². The second-order valence-corrected chi connectivity index (χ2v) is 4.90. The third kappa shape index (κ3) is 6.27. The van der Waals surface area contributed by atoms with E-state index in [0.29, 0.717) is 0 Å². The molecule has 2 amide bonds. The van der Waals surface area contributed by atoms with E-state index in [1.54, 1.807) is 0 Å². The number of hydrogen-bond donors (Lipinski definition) is 2. The van der Waals surface area contributed by atoms with E-state index in [2.05, 4.69) is 10.6 Å². The Morgan fingerprint density at radius 2 is 1.86 bits per heavy atom. The van der Waals surface area contributed by atoms with Crippen LogP contribution in [0.15, 0.2) is 30.3 Å². The molecular weight excluding hydrogens is 272 g/mol. The summed E-state index contributed by atoms with van der Waals surface area (Å²) in [5.41, 5.74) is 0.887. The summed E-state index contributed by atoms with van der Waals surface area (Å²) >= 11 is 0. The Labute approximate surface area is 124 Å². The Balaban J connectivity index is 2.47. The molecule has 0 heterocycles. The molecule has 0 bridgehead atoms. The van der Waals surface area contributed by atoms with Gasteiger partial charge in [0.2, 0.25) is 5.91 Å². The van der Waals surface area contributed by atoms with E-state index in [4.69, 9.17) is 9.47 Å². The molecule has 0 saturated heterocycles. The van der Waals surface area contributed by atoms with E-state index in [-0.39, 0.29) is 25.2 Å². The van der Waals surface area contributed by atoms with Crippen molar-refractivity contribution < 1.29 is 19.1 Å². The molecule has 1 aromatic carbocycles. The number of rotatable bonds is 7. The first-order valence-electron chi connectivity index (χ1n) is 6.78. The predicted octanol–water partition coefficient (Wildman–Crippen LogP) is 1.66. The second kappa shape index (κ2) is 8.97. The van der Waals surface area contributed by atoms with Crippen LogP contribution in [-0.2, 0) is 20.9 Å². The van der Waals surface area contributed by atoms with Gasteiger partial charge in [-0.2, -0.15) is 0 Å². The van der Waals surface area contributed by atoms with Gasteiger partial charge in [-0.05, 0) is 11.5 Å². The van der Waals surface area contributed by atoms with E-state index in [0.717, 1.165) is 5.56 Å². The van der Waals surface area contributed by atoms with Crippen molar-refractivity contribution in [3.63, 3.8) is 0 Å². The summed E-state index contributed by atoms with van der Waals surface area (Å²) in [5.74, 6) is -0.366. The van der Waals surface area contributed by atoms with Crippen molar-refractivity contribution in [1.82, 2.24) is 10.6 Å². The fourth-order valence-electron chi connectivity index (χ4n) is 1.68. The van der Waals surface area contributed by atoms with Gasteiger partial charge in [0.05, 0.1) is 0 Å². The molecule has 0 spiro atoms. The second-order valence-electron chi connectivity index (χ2n) is 4.90. The zero-order valence-corrected chi connectivity index (χ0v) is 12.6. The topological polar surface area (TPSA) is 76.7 Å². The monoisotopic (exact) mass is 294 g/mol. The average molecular weight is 294 g/mol. The van der Waals surface area contributed by atoms with Crippen molar-refractivity contribution in [2.75, 3.05) is 13.8 Å². The predicted molar refractivity (Wildman–Crippen MR) is 78.4 cm³/mol. The maximum atomic E-state index is 11.9. The van der Waals surface area contributed by atoms with Crippen LogP contribution in [0, 0.1) is 5.92 Å². The molecule has 21 heavy (non-hydrogen) atoms. The molecule has 0 radical (unpaired) electrons. The van der Waals surface area contributed by atoms with Gasteiger partial charge >= 0.3 is 6.09 Å². The Kier molecular flexibility index (Phi) is 7.25. The molecule has 0 aliphatic carbocycles. The summed E-state index contributed by atoms with van der Waals surface area (Å²) < 4.78 is 9.88. The molecule has 1 aromatic rings.